The zero-order valence-electron chi connectivity index (χ0n) is 8.86. The summed E-state index contributed by atoms with van der Waals surface area (Å²) in [6.07, 6.45) is 3.87. The van der Waals surface area contributed by atoms with E-state index in [1.165, 1.54) is 15.6 Å². The fourth-order valence-corrected chi connectivity index (χ4v) is 2.25. The minimum absolute atomic E-state index is 1.17. The van der Waals surface area contributed by atoms with Crippen LogP contribution in [0.25, 0.3) is 15.6 Å². The molecule has 3 aromatic rings. The number of thiophene rings is 1. The van der Waals surface area contributed by atoms with Crippen molar-refractivity contribution in [1.29, 1.82) is 0 Å². The Morgan fingerprint density at radius 3 is 2.56 bits per heavy atom. The highest BCUT2D eigenvalue weighted by Gasteiger charge is 2.07. The standard InChI is InChI=1S/C10H7N2S.ClHO4/c1-2-5-12-9(3-1)8-4-6-13-10(8)7-11-12;2-1(3,4)5/h1-7H;(H,2,3,4,5)/q+1;/p-1. The molecule has 0 aliphatic carbocycles. The molecule has 8 heteroatoms. The number of rotatable bonds is 0. The van der Waals surface area contributed by atoms with Crippen molar-refractivity contribution in [3.05, 3.63) is 42.0 Å². The van der Waals surface area contributed by atoms with Crippen LogP contribution >= 0.6 is 11.3 Å². The summed E-state index contributed by atoms with van der Waals surface area (Å²) in [4.78, 5) is 0. The quantitative estimate of drug-likeness (QED) is 0.417. The summed E-state index contributed by atoms with van der Waals surface area (Å²) in [7, 11) is -4.94. The van der Waals surface area contributed by atoms with Crippen molar-refractivity contribution in [3.63, 3.8) is 0 Å². The van der Waals surface area contributed by atoms with Gasteiger partial charge in [0, 0.05) is 12.1 Å². The predicted molar refractivity (Wildman–Crippen MR) is 52.8 cm³/mol. The first-order valence-corrected chi connectivity index (χ1v) is 6.81. The highest BCUT2D eigenvalue weighted by atomic mass is 35.7. The topological polar surface area (TPSA) is 109 Å². The summed E-state index contributed by atoms with van der Waals surface area (Å²) in [6.45, 7) is 0. The average molecular weight is 287 g/mol. The normalized spacial score (nSPS) is 11.3. The van der Waals surface area contributed by atoms with Crippen LogP contribution in [0, 0.1) is 10.2 Å². The van der Waals surface area contributed by atoms with Gasteiger partial charge < -0.3 is 0 Å². The van der Waals surface area contributed by atoms with Gasteiger partial charge in [-0.15, -0.1) is 21.6 Å². The van der Waals surface area contributed by atoms with Gasteiger partial charge in [0.15, 0.2) is 0 Å². The molecule has 0 fully saturated rings. The van der Waals surface area contributed by atoms with Crippen molar-refractivity contribution < 1.29 is 33.4 Å². The Labute approximate surface area is 108 Å². The van der Waals surface area contributed by atoms with Crippen LogP contribution in [-0.2, 0) is 0 Å². The van der Waals surface area contributed by atoms with E-state index in [-0.39, 0.29) is 0 Å². The second-order valence-corrected chi connectivity index (χ2v) is 4.96. The summed E-state index contributed by atoms with van der Waals surface area (Å²) in [5.41, 5.74) is 1.17. The van der Waals surface area contributed by atoms with E-state index < -0.39 is 10.2 Å². The van der Waals surface area contributed by atoms with Crippen LogP contribution in [0.4, 0.5) is 0 Å². The van der Waals surface area contributed by atoms with E-state index in [0.29, 0.717) is 0 Å². The monoisotopic (exact) mass is 286 g/mol. The second kappa shape index (κ2) is 5.11. The van der Waals surface area contributed by atoms with Gasteiger partial charge in [-0.1, -0.05) is 4.52 Å². The van der Waals surface area contributed by atoms with Gasteiger partial charge in [-0.05, 0) is 22.6 Å². The number of fused-ring (bicyclic) bond motifs is 3. The number of aromatic nitrogens is 2. The smallest absolute Gasteiger partial charge is 0.222 e. The lowest BCUT2D eigenvalue weighted by atomic mass is 10.3. The molecule has 0 aliphatic rings. The van der Waals surface area contributed by atoms with Crippen LogP contribution in [0.5, 0.6) is 0 Å². The zero-order chi connectivity index (χ0) is 13.2. The van der Waals surface area contributed by atoms with E-state index in [1.54, 1.807) is 11.3 Å². The maximum atomic E-state index is 8.49. The molecule has 0 amide bonds. The molecule has 3 rings (SSSR count). The third kappa shape index (κ3) is 3.33. The summed E-state index contributed by atoms with van der Waals surface area (Å²) in [5.74, 6) is 0. The van der Waals surface area contributed by atoms with Crippen LogP contribution in [0.3, 0.4) is 0 Å². The van der Waals surface area contributed by atoms with Crippen molar-refractivity contribution in [2.24, 2.45) is 0 Å². The number of hydrogen-bond acceptors (Lipinski definition) is 6. The van der Waals surface area contributed by atoms with Crippen molar-refractivity contribution in [1.82, 2.24) is 5.10 Å². The van der Waals surface area contributed by atoms with Gasteiger partial charge in [0.05, 0.1) is 10.1 Å². The van der Waals surface area contributed by atoms with Crippen LogP contribution in [0.1, 0.15) is 0 Å². The van der Waals surface area contributed by atoms with Gasteiger partial charge in [0.1, 0.15) is 6.20 Å². The lowest BCUT2D eigenvalue weighted by Gasteiger charge is -2.17. The molecule has 0 radical (unpaired) electrons. The van der Waals surface area contributed by atoms with Crippen LogP contribution in [0.2, 0.25) is 0 Å². The minimum atomic E-state index is -4.94. The molecule has 3 heterocycles. The van der Waals surface area contributed by atoms with Crippen molar-refractivity contribution in [3.8, 4) is 0 Å². The molecule has 0 saturated heterocycles. The fraction of sp³-hybridized carbons (Fsp3) is 0. The number of nitrogens with zero attached hydrogens (tertiary/aromatic N) is 2. The molecule has 0 aromatic carbocycles. The van der Waals surface area contributed by atoms with E-state index in [0.717, 1.165) is 0 Å². The SMILES string of the molecule is [O-][Cl+3]([O-])([O-])[O-].c1cc[n+]2ncc3sccc3c2c1. The Bertz CT molecular complexity index is 661. The van der Waals surface area contributed by atoms with Gasteiger partial charge >= 0.3 is 0 Å². The molecule has 3 aromatic heterocycles. The molecule has 0 aliphatic heterocycles. The molecule has 0 N–H and O–H groups in total. The summed E-state index contributed by atoms with van der Waals surface area (Å²) < 4.78 is 37.1. The third-order valence-electron chi connectivity index (χ3n) is 2.11. The molecule has 0 atom stereocenters. The van der Waals surface area contributed by atoms with E-state index in [9.17, 15) is 0 Å². The van der Waals surface area contributed by atoms with Crippen molar-refractivity contribution in [2.45, 2.75) is 0 Å². The Kier molecular flexibility index (Phi) is 3.71. The van der Waals surface area contributed by atoms with Gasteiger partial charge in [0.25, 0.3) is 0 Å². The summed E-state index contributed by atoms with van der Waals surface area (Å²) in [6, 6.07) is 8.24. The molecule has 6 nitrogen and oxygen atoms in total. The number of hydrogen-bond donors (Lipinski definition) is 0. The van der Waals surface area contributed by atoms with E-state index >= 15 is 0 Å². The Morgan fingerprint density at radius 2 is 1.83 bits per heavy atom. The van der Waals surface area contributed by atoms with Crippen molar-refractivity contribution in [2.75, 3.05) is 0 Å². The second-order valence-electron chi connectivity index (χ2n) is 3.25. The molecule has 0 unspecified atom stereocenters. The zero-order valence-corrected chi connectivity index (χ0v) is 10.4. The Balaban J connectivity index is 0.000000209. The summed E-state index contributed by atoms with van der Waals surface area (Å²) >= 11 is 1.73. The first-order chi connectivity index (χ1) is 8.45. The highest BCUT2D eigenvalue weighted by Crippen LogP contribution is 2.20. The third-order valence-corrected chi connectivity index (χ3v) is 2.96. The summed E-state index contributed by atoms with van der Waals surface area (Å²) in [5, 5.41) is 7.68. The van der Waals surface area contributed by atoms with E-state index in [2.05, 4.69) is 22.6 Å². The lowest BCUT2D eigenvalue weighted by Crippen LogP contribution is -2.68. The van der Waals surface area contributed by atoms with Gasteiger partial charge in [-0.25, -0.2) is 18.6 Å². The van der Waals surface area contributed by atoms with Crippen LogP contribution < -0.4 is 23.2 Å². The fourth-order valence-electron chi connectivity index (χ4n) is 1.50. The number of pyridine rings is 1. The molecular weight excluding hydrogens is 280 g/mol. The largest absolute Gasteiger partial charge is 0.246 e. The van der Waals surface area contributed by atoms with E-state index in [4.69, 9.17) is 18.6 Å². The lowest BCUT2D eigenvalue weighted by molar-refractivity contribution is -2.00. The average Bonchev–Trinajstić information content (AvgIpc) is 2.75. The molecule has 0 saturated carbocycles. The minimum Gasteiger partial charge on any atom is -0.222 e. The molecule has 0 spiro atoms. The first-order valence-electron chi connectivity index (χ1n) is 4.70. The Morgan fingerprint density at radius 1 is 1.11 bits per heavy atom. The maximum Gasteiger partial charge on any atom is 0.246 e. The maximum absolute atomic E-state index is 8.49. The molecule has 0 bridgehead atoms. The van der Waals surface area contributed by atoms with Crippen molar-refractivity contribution >= 4 is 26.9 Å². The van der Waals surface area contributed by atoms with E-state index in [1.807, 2.05) is 29.0 Å². The highest BCUT2D eigenvalue weighted by molar-refractivity contribution is 7.17. The van der Waals surface area contributed by atoms with Gasteiger partial charge in [-0.3, -0.25) is 0 Å². The predicted octanol–water partition coefficient (Wildman–Crippen LogP) is -2.72. The van der Waals surface area contributed by atoms with Gasteiger partial charge in [-0.2, -0.15) is 0 Å². The number of halogens is 1. The molecule has 18 heavy (non-hydrogen) atoms. The van der Waals surface area contributed by atoms with Crippen LogP contribution in [0.15, 0.2) is 42.0 Å². The van der Waals surface area contributed by atoms with Gasteiger partial charge in [0.2, 0.25) is 11.7 Å². The Hall–Kier alpha value is -1.35. The van der Waals surface area contributed by atoms with Crippen LogP contribution in [-0.4, -0.2) is 5.10 Å². The molecule has 94 valence electrons. The molecular formula is C10H7ClN2O4S. The first kappa shape index (κ1) is 13.1.